The Morgan fingerprint density at radius 3 is 2.26 bits per heavy atom. The number of nitrogens with two attached hydrogens (primary N) is 1. The third-order valence-electron chi connectivity index (χ3n) is 6.68. The van der Waals surface area contributed by atoms with Gasteiger partial charge in [0.05, 0.1) is 0 Å². The van der Waals surface area contributed by atoms with Gasteiger partial charge in [-0.2, -0.15) is 0 Å². The van der Waals surface area contributed by atoms with Gasteiger partial charge in [0.25, 0.3) is 0 Å². The molecule has 2 N–H and O–H groups in total. The van der Waals surface area contributed by atoms with E-state index >= 15 is 0 Å². The predicted molar refractivity (Wildman–Crippen MR) is 136 cm³/mol. The Balaban J connectivity index is 1.32. The highest BCUT2D eigenvalue weighted by Crippen LogP contribution is 2.29. The number of carbonyl (C=O) groups excluding carboxylic acids is 1. The summed E-state index contributed by atoms with van der Waals surface area (Å²) in [6, 6.07) is 19.1. The number of likely N-dealkylation sites (tertiary alicyclic amines) is 1. The van der Waals surface area contributed by atoms with Crippen LogP contribution in [0.2, 0.25) is 0 Å². The van der Waals surface area contributed by atoms with Crippen LogP contribution < -0.4 is 5.73 Å². The second-order valence-corrected chi connectivity index (χ2v) is 9.30. The van der Waals surface area contributed by atoms with Crippen LogP contribution >= 0.6 is 0 Å². The van der Waals surface area contributed by atoms with E-state index < -0.39 is 0 Å². The quantitative estimate of drug-likeness (QED) is 0.446. The van der Waals surface area contributed by atoms with E-state index in [-0.39, 0.29) is 5.78 Å². The zero-order valence-corrected chi connectivity index (χ0v) is 19.4. The molecular formula is C29H30N4O. The molecule has 1 saturated heterocycles. The van der Waals surface area contributed by atoms with Crippen molar-refractivity contribution < 1.29 is 4.79 Å². The van der Waals surface area contributed by atoms with E-state index in [0.717, 1.165) is 60.1 Å². The molecule has 4 aromatic rings. The number of hydrogen-bond donors (Lipinski definition) is 1. The molecule has 3 heterocycles. The van der Waals surface area contributed by atoms with E-state index in [1.54, 1.807) is 12.4 Å². The first-order valence-corrected chi connectivity index (χ1v) is 12.0. The third-order valence-corrected chi connectivity index (χ3v) is 6.68. The lowest BCUT2D eigenvalue weighted by atomic mass is 9.96. The Bertz CT molecular complexity index is 1260. The van der Waals surface area contributed by atoms with Crippen LogP contribution in [-0.4, -0.2) is 39.8 Å². The number of fused-ring (bicyclic) bond motifs is 1. The van der Waals surface area contributed by atoms with Crippen molar-refractivity contribution in [1.29, 1.82) is 0 Å². The average molecular weight is 451 g/mol. The summed E-state index contributed by atoms with van der Waals surface area (Å²) in [5, 5.41) is 2.35. The fourth-order valence-electron chi connectivity index (χ4n) is 4.73. The first-order chi connectivity index (χ1) is 16.6. The maximum absolute atomic E-state index is 12.5. The normalized spacial score (nSPS) is 15.0. The minimum Gasteiger partial charge on any atom is -0.328 e. The number of Topliss-reactive ketones (excluding diaryl/α,β-unsaturated/α-hetero) is 1. The molecule has 5 nitrogen and oxygen atoms in total. The van der Waals surface area contributed by atoms with Gasteiger partial charge in [-0.3, -0.25) is 19.7 Å². The zero-order chi connectivity index (χ0) is 23.3. The first-order valence-electron chi connectivity index (χ1n) is 12.0. The highest BCUT2D eigenvalue weighted by atomic mass is 16.1. The topological polar surface area (TPSA) is 72.1 Å². The van der Waals surface area contributed by atoms with Gasteiger partial charge in [0.15, 0.2) is 0 Å². The first kappa shape index (κ1) is 22.4. The van der Waals surface area contributed by atoms with Gasteiger partial charge in [0.2, 0.25) is 0 Å². The Morgan fingerprint density at radius 2 is 1.53 bits per heavy atom. The standard InChI is InChI=1S/C29H30N4O/c30-26-9-13-33(14-10-26)20-23-3-6-25-18-32-19-29(28(25)17-23)24-4-1-21(2-5-24)15-27(34)16-22-7-11-31-12-8-22/h1-8,11-12,17-19,26H,9-10,13-16,20,30H2. The van der Waals surface area contributed by atoms with Gasteiger partial charge in [-0.05, 0) is 71.8 Å². The van der Waals surface area contributed by atoms with Gasteiger partial charge in [-0.25, -0.2) is 0 Å². The third kappa shape index (κ3) is 5.38. The molecule has 1 aliphatic rings. The van der Waals surface area contributed by atoms with Crippen molar-refractivity contribution in [3.05, 3.63) is 96.1 Å². The van der Waals surface area contributed by atoms with Gasteiger partial charge in [-0.1, -0.05) is 36.4 Å². The van der Waals surface area contributed by atoms with Crippen molar-refractivity contribution in [2.45, 2.75) is 38.3 Å². The molecule has 5 heteroatoms. The smallest absolute Gasteiger partial charge is 0.141 e. The molecule has 172 valence electrons. The molecule has 0 radical (unpaired) electrons. The van der Waals surface area contributed by atoms with Gasteiger partial charge >= 0.3 is 0 Å². The zero-order valence-electron chi connectivity index (χ0n) is 19.4. The lowest BCUT2D eigenvalue weighted by Crippen LogP contribution is -2.39. The SMILES string of the molecule is NC1CCN(Cc2ccc3cncc(-c4ccc(CC(=O)Cc5ccncc5)cc4)c3c2)CC1. The Labute approximate surface area is 200 Å². The van der Waals surface area contributed by atoms with Crippen LogP contribution in [0.25, 0.3) is 21.9 Å². The maximum Gasteiger partial charge on any atom is 0.141 e. The second kappa shape index (κ2) is 10.2. The number of piperidine rings is 1. The van der Waals surface area contributed by atoms with Crippen molar-refractivity contribution in [3.8, 4) is 11.1 Å². The summed E-state index contributed by atoms with van der Waals surface area (Å²) in [6.07, 6.45) is 10.3. The van der Waals surface area contributed by atoms with Crippen LogP contribution in [0, 0.1) is 0 Å². The molecule has 0 atom stereocenters. The largest absolute Gasteiger partial charge is 0.328 e. The Morgan fingerprint density at radius 1 is 0.853 bits per heavy atom. The molecular weight excluding hydrogens is 420 g/mol. The van der Waals surface area contributed by atoms with Crippen molar-refractivity contribution in [3.63, 3.8) is 0 Å². The van der Waals surface area contributed by atoms with Gasteiger partial charge < -0.3 is 5.73 Å². The summed E-state index contributed by atoms with van der Waals surface area (Å²) < 4.78 is 0. The Hall–Kier alpha value is -3.41. The van der Waals surface area contributed by atoms with E-state index in [2.05, 4.69) is 57.3 Å². The lowest BCUT2D eigenvalue weighted by Gasteiger charge is -2.30. The van der Waals surface area contributed by atoms with Crippen LogP contribution in [0.5, 0.6) is 0 Å². The van der Waals surface area contributed by atoms with Crippen molar-refractivity contribution in [2.24, 2.45) is 5.73 Å². The van der Waals surface area contributed by atoms with E-state index in [1.807, 2.05) is 24.5 Å². The molecule has 1 fully saturated rings. The molecule has 0 unspecified atom stereocenters. The van der Waals surface area contributed by atoms with Crippen LogP contribution in [-0.2, 0) is 24.2 Å². The summed E-state index contributed by atoms with van der Waals surface area (Å²) in [5.41, 5.74) is 11.6. The maximum atomic E-state index is 12.5. The molecule has 0 amide bonds. The van der Waals surface area contributed by atoms with E-state index in [1.165, 1.54) is 10.9 Å². The summed E-state index contributed by atoms with van der Waals surface area (Å²) >= 11 is 0. The van der Waals surface area contributed by atoms with Gasteiger partial charge in [-0.15, -0.1) is 0 Å². The average Bonchev–Trinajstić information content (AvgIpc) is 2.86. The minimum atomic E-state index is 0.203. The molecule has 2 aromatic carbocycles. The van der Waals surface area contributed by atoms with E-state index in [0.29, 0.717) is 18.9 Å². The lowest BCUT2D eigenvalue weighted by molar-refractivity contribution is -0.117. The second-order valence-electron chi connectivity index (χ2n) is 9.30. The molecule has 2 aromatic heterocycles. The fraction of sp³-hybridized carbons (Fsp3) is 0.276. The van der Waals surface area contributed by atoms with E-state index in [9.17, 15) is 4.79 Å². The predicted octanol–water partition coefficient (Wildman–Crippen LogP) is 4.57. The van der Waals surface area contributed by atoms with Crippen LogP contribution in [0.4, 0.5) is 0 Å². The molecule has 34 heavy (non-hydrogen) atoms. The van der Waals surface area contributed by atoms with Crippen molar-refractivity contribution in [2.75, 3.05) is 13.1 Å². The van der Waals surface area contributed by atoms with Crippen molar-refractivity contribution in [1.82, 2.24) is 14.9 Å². The number of pyridine rings is 2. The molecule has 1 aliphatic heterocycles. The van der Waals surface area contributed by atoms with Gasteiger partial charge in [0, 0.05) is 61.2 Å². The highest BCUT2D eigenvalue weighted by molar-refractivity contribution is 5.96. The molecule has 0 saturated carbocycles. The van der Waals surface area contributed by atoms with Crippen LogP contribution in [0.1, 0.15) is 29.5 Å². The number of hydrogen-bond acceptors (Lipinski definition) is 5. The summed E-state index contributed by atoms with van der Waals surface area (Å²) in [5.74, 6) is 0.203. The summed E-state index contributed by atoms with van der Waals surface area (Å²) in [4.78, 5) is 23.5. The monoisotopic (exact) mass is 450 g/mol. The molecule has 0 aliphatic carbocycles. The number of rotatable bonds is 7. The fourth-order valence-corrected chi connectivity index (χ4v) is 4.73. The van der Waals surface area contributed by atoms with E-state index in [4.69, 9.17) is 5.73 Å². The van der Waals surface area contributed by atoms with Gasteiger partial charge in [0.1, 0.15) is 5.78 Å². The number of benzene rings is 2. The van der Waals surface area contributed by atoms with Crippen molar-refractivity contribution >= 4 is 16.6 Å². The summed E-state index contributed by atoms with van der Waals surface area (Å²) in [6.45, 7) is 3.07. The summed E-state index contributed by atoms with van der Waals surface area (Å²) in [7, 11) is 0. The number of ketones is 1. The van der Waals surface area contributed by atoms with Crippen LogP contribution in [0.3, 0.4) is 0 Å². The Kier molecular flexibility index (Phi) is 6.74. The molecule has 0 bridgehead atoms. The minimum absolute atomic E-state index is 0.203. The number of nitrogens with zero attached hydrogens (tertiary/aromatic N) is 3. The number of carbonyl (C=O) groups is 1. The molecule has 5 rings (SSSR count). The number of aromatic nitrogens is 2. The molecule has 0 spiro atoms. The highest BCUT2D eigenvalue weighted by Gasteiger charge is 2.16. The van der Waals surface area contributed by atoms with Crippen LogP contribution in [0.15, 0.2) is 79.4 Å².